The molecule has 1 aliphatic heterocycles. The highest BCUT2D eigenvalue weighted by Gasteiger charge is 2.22. The van der Waals surface area contributed by atoms with E-state index in [2.05, 4.69) is 14.9 Å². The predicted molar refractivity (Wildman–Crippen MR) is 94.4 cm³/mol. The molecule has 1 aliphatic rings. The third-order valence-corrected chi connectivity index (χ3v) is 4.64. The van der Waals surface area contributed by atoms with Gasteiger partial charge in [-0.15, -0.1) is 0 Å². The Labute approximate surface area is 145 Å². The number of aromatic nitrogens is 5. The van der Waals surface area contributed by atoms with E-state index in [4.69, 9.17) is 5.10 Å². The highest BCUT2D eigenvalue weighted by Crippen LogP contribution is 2.23. The molecule has 0 saturated carbocycles. The van der Waals surface area contributed by atoms with E-state index >= 15 is 0 Å². The molecule has 0 bridgehead atoms. The summed E-state index contributed by atoms with van der Waals surface area (Å²) in [5.74, 6) is 1.95. The lowest BCUT2D eigenvalue weighted by Gasteiger charge is -2.35. The van der Waals surface area contributed by atoms with Crippen molar-refractivity contribution in [3.8, 4) is 11.5 Å². The Hall–Kier alpha value is -2.90. The maximum absolute atomic E-state index is 11.5. The van der Waals surface area contributed by atoms with Crippen molar-refractivity contribution in [3.63, 3.8) is 0 Å². The normalized spacial score (nSPS) is 15.2. The third kappa shape index (κ3) is 2.73. The number of carbonyl (C=O) groups is 1. The highest BCUT2D eigenvalue weighted by molar-refractivity contribution is 5.73. The lowest BCUT2D eigenvalue weighted by Crippen LogP contribution is -2.48. The van der Waals surface area contributed by atoms with E-state index in [1.54, 1.807) is 13.1 Å². The molecule has 0 aliphatic carbocycles. The molecule has 1 fully saturated rings. The van der Waals surface area contributed by atoms with Gasteiger partial charge in [0.05, 0.1) is 0 Å². The van der Waals surface area contributed by atoms with Gasteiger partial charge in [0.2, 0.25) is 5.91 Å². The van der Waals surface area contributed by atoms with Gasteiger partial charge < -0.3 is 14.4 Å². The van der Waals surface area contributed by atoms with E-state index in [-0.39, 0.29) is 5.91 Å². The monoisotopic (exact) mass is 339 g/mol. The van der Waals surface area contributed by atoms with Crippen molar-refractivity contribution in [2.45, 2.75) is 13.8 Å². The minimum atomic E-state index is 0.131. The number of imidazole rings is 1. The first-order chi connectivity index (χ1) is 12.0. The molecule has 1 saturated heterocycles. The maximum atomic E-state index is 11.5. The number of anilines is 1. The molecule has 8 heteroatoms. The number of rotatable bonds is 2. The SMILES string of the molecule is CC(=O)N1CCN(c2cc(C)nc3cc(-c4nccn4C)nn23)CC1. The van der Waals surface area contributed by atoms with Crippen LogP contribution in [0.25, 0.3) is 17.2 Å². The lowest BCUT2D eigenvalue weighted by molar-refractivity contribution is -0.129. The smallest absolute Gasteiger partial charge is 0.219 e. The van der Waals surface area contributed by atoms with Gasteiger partial charge in [0.25, 0.3) is 0 Å². The molecular formula is C17H21N7O. The van der Waals surface area contributed by atoms with Gasteiger partial charge in [0.15, 0.2) is 11.5 Å². The molecule has 3 aromatic rings. The Kier molecular flexibility index (Phi) is 3.67. The van der Waals surface area contributed by atoms with Crippen molar-refractivity contribution < 1.29 is 4.79 Å². The molecule has 25 heavy (non-hydrogen) atoms. The van der Waals surface area contributed by atoms with Crippen molar-refractivity contribution in [2.75, 3.05) is 31.1 Å². The molecule has 0 aromatic carbocycles. The van der Waals surface area contributed by atoms with Crippen molar-refractivity contribution in [3.05, 3.63) is 30.2 Å². The fraction of sp³-hybridized carbons (Fsp3) is 0.412. The molecule has 0 unspecified atom stereocenters. The molecule has 8 nitrogen and oxygen atoms in total. The summed E-state index contributed by atoms with van der Waals surface area (Å²) < 4.78 is 3.82. The fourth-order valence-electron chi connectivity index (χ4n) is 3.28. The fourth-order valence-corrected chi connectivity index (χ4v) is 3.28. The Morgan fingerprint density at radius 2 is 1.92 bits per heavy atom. The van der Waals surface area contributed by atoms with Gasteiger partial charge in [-0.2, -0.15) is 9.61 Å². The summed E-state index contributed by atoms with van der Waals surface area (Å²) in [6.45, 7) is 6.64. The van der Waals surface area contributed by atoms with Crippen molar-refractivity contribution in [1.29, 1.82) is 0 Å². The van der Waals surface area contributed by atoms with Crippen LogP contribution in [0.3, 0.4) is 0 Å². The van der Waals surface area contributed by atoms with E-state index in [0.717, 1.165) is 54.9 Å². The predicted octanol–water partition coefficient (Wildman–Crippen LogP) is 1.11. The van der Waals surface area contributed by atoms with Gasteiger partial charge in [0.1, 0.15) is 11.5 Å². The molecule has 4 rings (SSSR count). The second kappa shape index (κ2) is 5.87. The Morgan fingerprint density at radius 1 is 1.16 bits per heavy atom. The number of nitrogens with zero attached hydrogens (tertiary/aromatic N) is 7. The van der Waals surface area contributed by atoms with Gasteiger partial charge in [-0.05, 0) is 6.92 Å². The summed E-state index contributed by atoms with van der Waals surface area (Å²) in [7, 11) is 1.95. The third-order valence-electron chi connectivity index (χ3n) is 4.64. The van der Waals surface area contributed by atoms with Crippen LogP contribution >= 0.6 is 0 Å². The molecule has 1 amide bonds. The van der Waals surface area contributed by atoms with Gasteiger partial charge in [-0.25, -0.2) is 9.97 Å². The Morgan fingerprint density at radius 3 is 2.56 bits per heavy atom. The van der Waals surface area contributed by atoms with E-state index in [9.17, 15) is 4.79 Å². The number of fused-ring (bicyclic) bond motifs is 1. The van der Waals surface area contributed by atoms with Crippen LogP contribution in [0.5, 0.6) is 0 Å². The van der Waals surface area contributed by atoms with Crippen LogP contribution in [-0.2, 0) is 11.8 Å². The molecule has 0 radical (unpaired) electrons. The summed E-state index contributed by atoms with van der Waals surface area (Å²) in [5.41, 5.74) is 2.55. The van der Waals surface area contributed by atoms with Crippen LogP contribution < -0.4 is 4.90 Å². The number of aryl methyl sites for hydroxylation is 2. The average Bonchev–Trinajstić information content (AvgIpc) is 3.19. The Balaban J connectivity index is 1.73. The van der Waals surface area contributed by atoms with E-state index in [0.29, 0.717) is 0 Å². The molecule has 130 valence electrons. The van der Waals surface area contributed by atoms with E-state index in [1.165, 1.54) is 0 Å². The topological polar surface area (TPSA) is 71.6 Å². The van der Waals surface area contributed by atoms with Crippen LogP contribution in [0, 0.1) is 6.92 Å². The summed E-state index contributed by atoms with van der Waals surface area (Å²) in [6, 6.07) is 4.01. The van der Waals surface area contributed by atoms with Crippen LogP contribution in [0.15, 0.2) is 24.5 Å². The quantitative estimate of drug-likeness (QED) is 0.699. The minimum Gasteiger partial charge on any atom is -0.353 e. The minimum absolute atomic E-state index is 0.131. The van der Waals surface area contributed by atoms with Gasteiger partial charge >= 0.3 is 0 Å². The van der Waals surface area contributed by atoms with Crippen LogP contribution in [0.2, 0.25) is 0 Å². The van der Waals surface area contributed by atoms with Gasteiger partial charge in [-0.1, -0.05) is 0 Å². The molecule has 3 aromatic heterocycles. The van der Waals surface area contributed by atoms with Crippen molar-refractivity contribution in [1.82, 2.24) is 29.0 Å². The van der Waals surface area contributed by atoms with Crippen LogP contribution in [0.1, 0.15) is 12.6 Å². The first-order valence-electron chi connectivity index (χ1n) is 8.38. The summed E-state index contributed by atoms with van der Waals surface area (Å²) >= 11 is 0. The molecule has 4 heterocycles. The Bertz CT molecular complexity index is 934. The summed E-state index contributed by atoms with van der Waals surface area (Å²) in [4.78, 5) is 24.7. The number of piperazine rings is 1. The summed E-state index contributed by atoms with van der Waals surface area (Å²) in [5, 5.41) is 4.74. The van der Waals surface area contributed by atoms with E-state index in [1.807, 2.05) is 46.3 Å². The highest BCUT2D eigenvalue weighted by atomic mass is 16.2. The average molecular weight is 339 g/mol. The standard InChI is InChI=1S/C17H21N7O/c1-12-10-16(23-8-6-22(7-9-23)13(2)25)24-15(19-12)11-14(20-24)17-18-4-5-21(17)3/h4-5,10-11H,6-9H2,1-3H3. The number of hydrogen-bond donors (Lipinski definition) is 0. The number of amides is 1. The van der Waals surface area contributed by atoms with Crippen molar-refractivity contribution >= 4 is 17.4 Å². The first kappa shape index (κ1) is 15.6. The van der Waals surface area contributed by atoms with Crippen LogP contribution in [0.4, 0.5) is 5.82 Å². The molecule has 0 atom stereocenters. The summed E-state index contributed by atoms with van der Waals surface area (Å²) in [6.07, 6.45) is 3.67. The molecular weight excluding hydrogens is 318 g/mol. The second-order valence-electron chi connectivity index (χ2n) is 6.41. The molecule has 0 spiro atoms. The van der Waals surface area contributed by atoms with Gasteiger partial charge in [0, 0.05) is 70.4 Å². The lowest BCUT2D eigenvalue weighted by atomic mass is 10.3. The van der Waals surface area contributed by atoms with E-state index < -0.39 is 0 Å². The van der Waals surface area contributed by atoms with Gasteiger partial charge in [-0.3, -0.25) is 4.79 Å². The maximum Gasteiger partial charge on any atom is 0.219 e. The second-order valence-corrected chi connectivity index (χ2v) is 6.41. The van der Waals surface area contributed by atoms with Crippen molar-refractivity contribution in [2.24, 2.45) is 7.05 Å². The largest absolute Gasteiger partial charge is 0.353 e. The van der Waals surface area contributed by atoms with Crippen LogP contribution in [-0.4, -0.2) is 61.1 Å². The first-order valence-corrected chi connectivity index (χ1v) is 8.38. The molecule has 0 N–H and O–H groups in total. The zero-order chi connectivity index (χ0) is 17.6. The number of hydrogen-bond acceptors (Lipinski definition) is 5. The zero-order valence-electron chi connectivity index (χ0n) is 14.7. The number of carbonyl (C=O) groups excluding carboxylic acids is 1. The zero-order valence-corrected chi connectivity index (χ0v) is 14.7.